The van der Waals surface area contributed by atoms with Crippen molar-refractivity contribution >= 4 is 46.6 Å². The van der Waals surface area contributed by atoms with Crippen molar-refractivity contribution in [1.29, 1.82) is 0 Å². The van der Waals surface area contributed by atoms with Gasteiger partial charge in [-0.15, -0.1) is 0 Å². The zero-order valence-corrected chi connectivity index (χ0v) is 16.5. The molecule has 0 radical (unpaired) electrons. The topological polar surface area (TPSA) is 82.2 Å². The predicted octanol–water partition coefficient (Wildman–Crippen LogP) is 5.12. The molecule has 3 heterocycles. The average molecular weight is 409 g/mol. The summed E-state index contributed by atoms with van der Waals surface area (Å²) >= 11 is 5.86. The highest BCUT2D eigenvalue weighted by atomic mass is 35.5. The molecule has 0 saturated carbocycles. The summed E-state index contributed by atoms with van der Waals surface area (Å²) in [4.78, 5) is 23.6. The number of nitrogens with zero attached hydrogens (tertiary/aromatic N) is 3. The van der Waals surface area contributed by atoms with Gasteiger partial charge in [0.15, 0.2) is 0 Å². The van der Waals surface area contributed by atoms with Gasteiger partial charge in [-0.3, -0.25) is 5.32 Å². The Bertz CT molecular complexity index is 988. The van der Waals surface area contributed by atoms with Gasteiger partial charge in [0, 0.05) is 23.8 Å². The van der Waals surface area contributed by atoms with Crippen molar-refractivity contribution in [2.75, 3.05) is 33.9 Å². The van der Waals surface area contributed by atoms with E-state index in [0.29, 0.717) is 28.2 Å². The minimum Gasteiger partial charge on any atom is -0.357 e. The standard InChI is InChI=1S/C21H21ClN6O/c22-15-9-11-16(12-10-15)23-21(29)27-19-6-3-5-17(25-19)24-18-7-4-8-20(26-18)28-13-1-2-14-28/h3-12H,1-2,13-14H2,(H3,23,24,25,26,27,29). The van der Waals surface area contributed by atoms with E-state index in [1.807, 2.05) is 30.3 Å². The summed E-state index contributed by atoms with van der Waals surface area (Å²) in [5.41, 5.74) is 0.643. The molecule has 1 aromatic carbocycles. The first kappa shape index (κ1) is 19.0. The van der Waals surface area contributed by atoms with E-state index in [0.717, 1.165) is 18.9 Å². The number of urea groups is 1. The van der Waals surface area contributed by atoms with Crippen LogP contribution in [0.2, 0.25) is 5.02 Å². The number of pyridine rings is 2. The maximum Gasteiger partial charge on any atom is 0.324 e. The summed E-state index contributed by atoms with van der Waals surface area (Å²) in [7, 11) is 0. The van der Waals surface area contributed by atoms with Gasteiger partial charge in [-0.25, -0.2) is 14.8 Å². The summed E-state index contributed by atoms with van der Waals surface area (Å²) in [6.07, 6.45) is 2.40. The van der Waals surface area contributed by atoms with Crippen molar-refractivity contribution in [2.45, 2.75) is 12.8 Å². The van der Waals surface area contributed by atoms with Gasteiger partial charge in [0.2, 0.25) is 0 Å². The second-order valence-corrected chi connectivity index (χ2v) is 7.13. The first-order chi connectivity index (χ1) is 14.2. The lowest BCUT2D eigenvalue weighted by atomic mass is 10.3. The number of hydrogen-bond acceptors (Lipinski definition) is 5. The molecule has 148 valence electrons. The molecule has 1 aliphatic rings. The van der Waals surface area contributed by atoms with Gasteiger partial charge in [0.1, 0.15) is 23.3 Å². The minimum absolute atomic E-state index is 0.383. The van der Waals surface area contributed by atoms with Crippen LogP contribution in [0.25, 0.3) is 0 Å². The van der Waals surface area contributed by atoms with Gasteiger partial charge in [0.05, 0.1) is 0 Å². The van der Waals surface area contributed by atoms with Crippen LogP contribution in [0.4, 0.5) is 33.8 Å². The lowest BCUT2D eigenvalue weighted by molar-refractivity contribution is 0.262. The highest BCUT2D eigenvalue weighted by Gasteiger charge is 2.13. The van der Waals surface area contributed by atoms with E-state index in [2.05, 4.69) is 30.8 Å². The van der Waals surface area contributed by atoms with E-state index in [-0.39, 0.29) is 6.03 Å². The second-order valence-electron chi connectivity index (χ2n) is 6.69. The minimum atomic E-state index is -0.383. The molecule has 2 amide bonds. The molecule has 0 atom stereocenters. The van der Waals surface area contributed by atoms with E-state index in [9.17, 15) is 4.79 Å². The number of rotatable bonds is 5. The molecule has 8 heteroatoms. The second kappa shape index (κ2) is 8.79. The maximum atomic E-state index is 12.2. The van der Waals surface area contributed by atoms with Crippen LogP contribution < -0.4 is 20.9 Å². The number of amides is 2. The van der Waals surface area contributed by atoms with Gasteiger partial charge >= 0.3 is 6.03 Å². The van der Waals surface area contributed by atoms with E-state index in [4.69, 9.17) is 11.6 Å². The Hall–Kier alpha value is -3.32. The van der Waals surface area contributed by atoms with Crippen molar-refractivity contribution in [2.24, 2.45) is 0 Å². The molecule has 3 N–H and O–H groups in total. The summed E-state index contributed by atoms with van der Waals surface area (Å²) in [5, 5.41) is 9.28. The largest absolute Gasteiger partial charge is 0.357 e. The zero-order chi connectivity index (χ0) is 20.1. The molecule has 1 aliphatic heterocycles. The Morgan fingerprint density at radius 1 is 0.828 bits per heavy atom. The summed E-state index contributed by atoms with van der Waals surface area (Å²) in [5.74, 6) is 2.70. The molecule has 2 aromatic heterocycles. The van der Waals surface area contributed by atoms with Crippen LogP contribution >= 0.6 is 11.6 Å². The van der Waals surface area contributed by atoms with Gasteiger partial charge in [-0.1, -0.05) is 23.7 Å². The van der Waals surface area contributed by atoms with Gasteiger partial charge in [-0.05, 0) is 61.4 Å². The third-order valence-corrected chi connectivity index (χ3v) is 4.77. The Labute approximate surface area is 174 Å². The number of aromatic nitrogens is 2. The molecular weight excluding hydrogens is 388 g/mol. The first-order valence-electron chi connectivity index (χ1n) is 9.45. The first-order valence-corrected chi connectivity index (χ1v) is 9.83. The fourth-order valence-corrected chi connectivity index (χ4v) is 3.26. The molecule has 0 aliphatic carbocycles. The van der Waals surface area contributed by atoms with Crippen molar-refractivity contribution in [3.8, 4) is 0 Å². The van der Waals surface area contributed by atoms with E-state index < -0.39 is 0 Å². The smallest absolute Gasteiger partial charge is 0.324 e. The SMILES string of the molecule is O=C(Nc1ccc(Cl)cc1)Nc1cccc(Nc2cccc(N3CCCC3)n2)n1. The Balaban J connectivity index is 1.40. The van der Waals surface area contributed by atoms with E-state index in [1.165, 1.54) is 12.8 Å². The highest BCUT2D eigenvalue weighted by molar-refractivity contribution is 6.30. The van der Waals surface area contributed by atoms with Crippen LogP contribution in [-0.4, -0.2) is 29.1 Å². The number of carbonyl (C=O) groups excluding carboxylic acids is 1. The molecule has 3 aromatic rings. The van der Waals surface area contributed by atoms with Crippen LogP contribution in [0.5, 0.6) is 0 Å². The molecule has 7 nitrogen and oxygen atoms in total. The number of benzene rings is 1. The Morgan fingerprint density at radius 2 is 1.48 bits per heavy atom. The van der Waals surface area contributed by atoms with Gasteiger partial charge in [-0.2, -0.15) is 0 Å². The van der Waals surface area contributed by atoms with Gasteiger partial charge < -0.3 is 15.5 Å². The monoisotopic (exact) mass is 408 g/mol. The summed E-state index contributed by atoms with van der Waals surface area (Å²) in [6.45, 7) is 2.08. The molecule has 4 rings (SSSR count). The third-order valence-electron chi connectivity index (χ3n) is 4.51. The summed E-state index contributed by atoms with van der Waals surface area (Å²) in [6, 6.07) is 17.8. The number of carbonyl (C=O) groups is 1. The van der Waals surface area contributed by atoms with Crippen LogP contribution in [0.15, 0.2) is 60.7 Å². The molecule has 29 heavy (non-hydrogen) atoms. The summed E-state index contributed by atoms with van der Waals surface area (Å²) < 4.78 is 0. The van der Waals surface area contributed by atoms with Crippen molar-refractivity contribution in [1.82, 2.24) is 9.97 Å². The molecular formula is C21H21ClN6O. The predicted molar refractivity (Wildman–Crippen MR) is 117 cm³/mol. The molecule has 0 spiro atoms. The number of hydrogen-bond donors (Lipinski definition) is 3. The van der Waals surface area contributed by atoms with Crippen molar-refractivity contribution in [3.05, 3.63) is 65.7 Å². The quantitative estimate of drug-likeness (QED) is 0.546. The van der Waals surface area contributed by atoms with Crippen LogP contribution in [-0.2, 0) is 0 Å². The van der Waals surface area contributed by atoms with Crippen molar-refractivity contribution in [3.63, 3.8) is 0 Å². The fraction of sp³-hybridized carbons (Fsp3) is 0.190. The van der Waals surface area contributed by atoms with Crippen LogP contribution in [0.1, 0.15) is 12.8 Å². The van der Waals surface area contributed by atoms with E-state index >= 15 is 0 Å². The average Bonchev–Trinajstić information content (AvgIpc) is 3.25. The Morgan fingerprint density at radius 3 is 2.24 bits per heavy atom. The molecule has 0 unspecified atom stereocenters. The molecule has 0 bridgehead atoms. The van der Waals surface area contributed by atoms with Crippen LogP contribution in [0.3, 0.4) is 0 Å². The number of anilines is 5. The van der Waals surface area contributed by atoms with Crippen molar-refractivity contribution < 1.29 is 4.79 Å². The van der Waals surface area contributed by atoms with E-state index in [1.54, 1.807) is 30.3 Å². The molecule has 1 saturated heterocycles. The number of halogens is 1. The lowest BCUT2D eigenvalue weighted by Crippen LogP contribution is -2.20. The third kappa shape index (κ3) is 5.14. The molecule has 1 fully saturated rings. The Kier molecular flexibility index (Phi) is 5.76. The van der Waals surface area contributed by atoms with Gasteiger partial charge in [0.25, 0.3) is 0 Å². The lowest BCUT2D eigenvalue weighted by Gasteiger charge is -2.17. The zero-order valence-electron chi connectivity index (χ0n) is 15.7. The number of nitrogens with one attached hydrogen (secondary N) is 3. The normalized spacial score (nSPS) is 13.2. The van der Waals surface area contributed by atoms with Crippen LogP contribution in [0, 0.1) is 0 Å². The fourth-order valence-electron chi connectivity index (χ4n) is 3.13. The maximum absolute atomic E-state index is 12.2. The highest BCUT2D eigenvalue weighted by Crippen LogP contribution is 2.21.